The van der Waals surface area contributed by atoms with Gasteiger partial charge >= 0.3 is 0 Å². The second-order valence-corrected chi connectivity index (χ2v) is 6.96. The molecular weight excluding hydrogens is 402 g/mol. The lowest BCUT2D eigenvalue weighted by atomic mass is 10.1. The summed E-state index contributed by atoms with van der Waals surface area (Å²) in [5.41, 5.74) is 1.52. The van der Waals surface area contributed by atoms with Gasteiger partial charge in [-0.1, -0.05) is 24.3 Å². The van der Waals surface area contributed by atoms with Crippen molar-refractivity contribution in [2.45, 2.75) is 6.92 Å². The van der Waals surface area contributed by atoms with Crippen LogP contribution in [0.1, 0.15) is 5.82 Å². The van der Waals surface area contributed by atoms with E-state index in [9.17, 15) is 25.5 Å². The third kappa shape index (κ3) is 2.75. The van der Waals surface area contributed by atoms with E-state index in [0.717, 1.165) is 16.4 Å². The van der Waals surface area contributed by atoms with Gasteiger partial charge in [0.25, 0.3) is 0 Å². The minimum atomic E-state index is -1.06. The Morgan fingerprint density at radius 3 is 2.00 bits per heavy atom. The van der Waals surface area contributed by atoms with E-state index in [2.05, 4.69) is 15.0 Å². The molecule has 0 unspecified atom stereocenters. The number of benzene rings is 3. The highest BCUT2D eigenvalue weighted by Gasteiger charge is 2.26. The summed E-state index contributed by atoms with van der Waals surface area (Å²) in [6.07, 6.45) is 0. The van der Waals surface area contributed by atoms with Crippen LogP contribution in [0, 0.1) is 6.92 Å². The Labute approximate surface area is 174 Å². The zero-order valence-electron chi connectivity index (χ0n) is 16.0. The number of nitrogens with zero attached hydrogens (tertiary/aromatic N) is 3. The van der Waals surface area contributed by atoms with Crippen molar-refractivity contribution in [2.24, 2.45) is 0 Å². The second kappa shape index (κ2) is 6.49. The summed E-state index contributed by atoms with van der Waals surface area (Å²) in [6, 6.07) is 13.1. The number of phenols is 5. The van der Waals surface area contributed by atoms with Gasteiger partial charge in [0.2, 0.25) is 17.2 Å². The Bertz CT molecular complexity index is 1480. The molecule has 0 aliphatic heterocycles. The zero-order chi connectivity index (χ0) is 21.9. The lowest BCUT2D eigenvalue weighted by Crippen LogP contribution is -2.00. The number of rotatable bonds is 2. The van der Waals surface area contributed by atoms with Crippen LogP contribution in [-0.4, -0.2) is 40.5 Å². The minimum absolute atomic E-state index is 0.201. The van der Waals surface area contributed by atoms with Crippen LogP contribution in [-0.2, 0) is 0 Å². The first-order valence-corrected chi connectivity index (χ1v) is 9.18. The molecule has 0 radical (unpaired) electrons. The molecule has 9 nitrogen and oxygen atoms in total. The molecule has 0 amide bonds. The molecule has 0 aliphatic rings. The van der Waals surface area contributed by atoms with E-state index in [1.807, 2.05) is 30.3 Å². The molecule has 0 saturated carbocycles. The first-order chi connectivity index (χ1) is 14.8. The highest BCUT2D eigenvalue weighted by atomic mass is 16.4. The van der Waals surface area contributed by atoms with Gasteiger partial charge in [-0.05, 0) is 25.1 Å². The van der Waals surface area contributed by atoms with E-state index in [-0.39, 0.29) is 17.5 Å². The number of para-hydroxylation sites is 1. The second-order valence-electron chi connectivity index (χ2n) is 6.96. The van der Waals surface area contributed by atoms with Gasteiger partial charge in [0.15, 0.2) is 23.1 Å². The number of fused-ring (bicyclic) bond motifs is 3. The van der Waals surface area contributed by atoms with Crippen molar-refractivity contribution in [3.63, 3.8) is 0 Å². The maximum atomic E-state index is 10.2. The number of hydrogen-bond acceptors (Lipinski definition) is 9. The zero-order valence-corrected chi connectivity index (χ0v) is 16.0. The van der Waals surface area contributed by atoms with Crippen LogP contribution in [0.4, 0.5) is 0 Å². The molecule has 0 aliphatic carbocycles. The normalized spacial score (nSPS) is 11.4. The van der Waals surface area contributed by atoms with Crippen LogP contribution in [0.25, 0.3) is 44.7 Å². The molecule has 154 valence electrons. The van der Waals surface area contributed by atoms with Gasteiger partial charge in [0.1, 0.15) is 22.6 Å². The maximum Gasteiger partial charge on any atom is 0.208 e. The fraction of sp³-hybridized carbons (Fsp3) is 0.0455. The summed E-state index contributed by atoms with van der Waals surface area (Å²) >= 11 is 0. The number of hydrogen-bond donors (Lipinski definition) is 5. The van der Waals surface area contributed by atoms with Crippen LogP contribution in [0.3, 0.4) is 0 Å². The molecule has 0 atom stereocenters. The number of furan rings is 1. The molecule has 31 heavy (non-hydrogen) atoms. The Morgan fingerprint density at radius 2 is 1.26 bits per heavy atom. The monoisotopic (exact) mass is 417 g/mol. The number of phenolic OH excluding ortho intramolecular Hbond substituents is 5. The predicted octanol–water partition coefficient (Wildman–Crippen LogP) is 3.94. The van der Waals surface area contributed by atoms with E-state index in [1.54, 1.807) is 19.1 Å². The van der Waals surface area contributed by atoms with Crippen LogP contribution in [0.2, 0.25) is 0 Å². The molecule has 0 saturated heterocycles. The van der Waals surface area contributed by atoms with Gasteiger partial charge in [-0.15, -0.1) is 0 Å². The highest BCUT2D eigenvalue weighted by molar-refractivity contribution is 6.05. The highest BCUT2D eigenvalue weighted by Crippen LogP contribution is 2.54. The van der Waals surface area contributed by atoms with Gasteiger partial charge in [0, 0.05) is 16.3 Å². The number of aromatic hydroxyl groups is 5. The summed E-state index contributed by atoms with van der Waals surface area (Å²) in [7, 11) is 0. The molecule has 9 heteroatoms. The first-order valence-electron chi connectivity index (χ1n) is 9.18. The molecule has 2 heterocycles. The molecular formula is C22H15N3O6. The fourth-order valence-corrected chi connectivity index (χ4v) is 3.48. The lowest BCUT2D eigenvalue weighted by molar-refractivity contribution is 0.329. The summed E-state index contributed by atoms with van der Waals surface area (Å²) < 4.78 is 5.90. The maximum absolute atomic E-state index is 10.2. The number of aryl methyl sites for hydroxylation is 1. The largest absolute Gasteiger partial charge is 0.504 e. The molecule has 0 spiro atoms. The Kier molecular flexibility index (Phi) is 3.87. The van der Waals surface area contributed by atoms with Crippen molar-refractivity contribution in [1.82, 2.24) is 15.0 Å². The molecule has 5 N–H and O–H groups in total. The first kappa shape index (κ1) is 18.5. The van der Waals surface area contributed by atoms with E-state index in [1.165, 1.54) is 0 Å². The van der Waals surface area contributed by atoms with Crippen LogP contribution >= 0.6 is 0 Å². The van der Waals surface area contributed by atoms with Crippen molar-refractivity contribution in [3.8, 4) is 51.5 Å². The van der Waals surface area contributed by atoms with Crippen LogP contribution in [0.15, 0.2) is 46.9 Å². The van der Waals surface area contributed by atoms with Gasteiger partial charge < -0.3 is 29.9 Å². The Balaban J connectivity index is 1.71. The standard InChI is InChI=1S/C22H15N3O6/c1-9-23-21(10-6-7-12-11-4-2-3-5-13(11)31-14(12)8-10)25-22(24-9)15-16(26)18(28)20(30)19(29)17(15)27/h2-8,26-30H,1H3. The summed E-state index contributed by atoms with van der Waals surface area (Å²) in [6.45, 7) is 1.59. The van der Waals surface area contributed by atoms with Gasteiger partial charge in [-0.2, -0.15) is 0 Å². The quantitative estimate of drug-likeness (QED) is 0.212. The Morgan fingerprint density at radius 1 is 0.645 bits per heavy atom. The number of aromatic nitrogens is 3. The third-order valence-corrected chi connectivity index (χ3v) is 4.98. The van der Waals surface area contributed by atoms with E-state index in [4.69, 9.17) is 4.42 Å². The summed E-state index contributed by atoms with van der Waals surface area (Å²) in [5.74, 6) is -4.55. The smallest absolute Gasteiger partial charge is 0.208 e. The van der Waals surface area contributed by atoms with Crippen molar-refractivity contribution < 1.29 is 29.9 Å². The van der Waals surface area contributed by atoms with Gasteiger partial charge in [0.05, 0.1) is 0 Å². The minimum Gasteiger partial charge on any atom is -0.504 e. The van der Waals surface area contributed by atoms with Crippen LogP contribution < -0.4 is 0 Å². The fourth-order valence-electron chi connectivity index (χ4n) is 3.48. The summed E-state index contributed by atoms with van der Waals surface area (Å²) in [4.78, 5) is 12.7. The van der Waals surface area contributed by atoms with Crippen molar-refractivity contribution in [2.75, 3.05) is 0 Å². The predicted molar refractivity (Wildman–Crippen MR) is 111 cm³/mol. The summed E-state index contributed by atoms with van der Waals surface area (Å²) in [5, 5.41) is 51.6. The van der Waals surface area contributed by atoms with Gasteiger partial charge in [-0.25, -0.2) is 15.0 Å². The lowest BCUT2D eigenvalue weighted by Gasteiger charge is -2.12. The Hall–Kier alpha value is -4.53. The average molecular weight is 417 g/mol. The average Bonchev–Trinajstić information content (AvgIpc) is 3.14. The molecule has 3 aromatic carbocycles. The van der Waals surface area contributed by atoms with Crippen molar-refractivity contribution in [1.29, 1.82) is 0 Å². The van der Waals surface area contributed by atoms with Crippen LogP contribution in [0.5, 0.6) is 28.7 Å². The van der Waals surface area contributed by atoms with E-state index in [0.29, 0.717) is 11.1 Å². The molecule has 2 aromatic heterocycles. The van der Waals surface area contributed by atoms with E-state index >= 15 is 0 Å². The van der Waals surface area contributed by atoms with Crippen molar-refractivity contribution >= 4 is 21.9 Å². The third-order valence-electron chi connectivity index (χ3n) is 4.98. The molecule has 5 aromatic rings. The van der Waals surface area contributed by atoms with Gasteiger partial charge in [-0.3, -0.25) is 0 Å². The topological polar surface area (TPSA) is 153 Å². The molecule has 0 fully saturated rings. The molecule has 5 rings (SSSR count). The van der Waals surface area contributed by atoms with E-state index < -0.39 is 34.3 Å². The van der Waals surface area contributed by atoms with Crippen molar-refractivity contribution in [3.05, 3.63) is 48.3 Å². The SMILES string of the molecule is Cc1nc(-c2ccc3c(c2)oc2ccccc23)nc(-c2c(O)c(O)c(O)c(O)c2O)n1. The molecule has 0 bridgehead atoms.